The first-order chi connectivity index (χ1) is 14.5. The first-order valence-corrected chi connectivity index (χ1v) is 10.2. The van der Waals surface area contributed by atoms with E-state index in [1.54, 1.807) is 48.1 Å². The van der Waals surface area contributed by atoms with E-state index in [-0.39, 0.29) is 11.9 Å². The number of urea groups is 1. The summed E-state index contributed by atoms with van der Waals surface area (Å²) in [6.45, 7) is 1.58. The zero-order chi connectivity index (χ0) is 21.1. The summed E-state index contributed by atoms with van der Waals surface area (Å²) >= 11 is 6.08. The van der Waals surface area contributed by atoms with Crippen LogP contribution in [0.1, 0.15) is 23.2 Å². The molecule has 30 heavy (non-hydrogen) atoms. The third kappa shape index (κ3) is 4.31. The molecule has 3 aromatic rings. The van der Waals surface area contributed by atoms with Crippen LogP contribution in [0.3, 0.4) is 0 Å². The molecular formula is C22H22ClN5O2. The van der Waals surface area contributed by atoms with Gasteiger partial charge in [0.05, 0.1) is 16.3 Å². The smallest absolute Gasteiger partial charge is 0.322 e. The lowest BCUT2D eigenvalue weighted by molar-refractivity contribution is 0.102. The molecule has 3 amide bonds. The zero-order valence-electron chi connectivity index (χ0n) is 16.6. The molecule has 1 fully saturated rings. The van der Waals surface area contributed by atoms with Crippen LogP contribution in [0.4, 0.5) is 16.3 Å². The largest absolute Gasteiger partial charge is 0.324 e. The number of carbonyl (C=O) groups is 2. The molecule has 4 rings (SSSR count). The molecule has 0 aliphatic carbocycles. The van der Waals surface area contributed by atoms with Gasteiger partial charge in [0.15, 0.2) is 0 Å². The Bertz CT molecular complexity index is 1070. The summed E-state index contributed by atoms with van der Waals surface area (Å²) in [5.41, 5.74) is 2.69. The molecule has 2 heterocycles. The molecule has 0 radical (unpaired) electrons. The van der Waals surface area contributed by atoms with Crippen molar-refractivity contribution in [3.63, 3.8) is 0 Å². The van der Waals surface area contributed by atoms with Crippen molar-refractivity contribution >= 4 is 35.0 Å². The normalized spacial score (nSPS) is 13.3. The fourth-order valence-corrected chi connectivity index (χ4v) is 3.62. The number of aromatic nitrogens is 2. The average Bonchev–Trinajstić information content (AvgIpc) is 3.39. The summed E-state index contributed by atoms with van der Waals surface area (Å²) in [6, 6.07) is 16.0. The Morgan fingerprint density at radius 2 is 1.70 bits per heavy atom. The molecule has 7 nitrogen and oxygen atoms in total. The van der Waals surface area contributed by atoms with Crippen LogP contribution in [0.2, 0.25) is 5.02 Å². The Kier molecular flexibility index (Phi) is 5.72. The number of aryl methyl sites for hydroxylation is 1. The number of hydrogen-bond donors (Lipinski definition) is 2. The minimum absolute atomic E-state index is 0.0975. The van der Waals surface area contributed by atoms with Crippen molar-refractivity contribution in [3.8, 4) is 11.3 Å². The second kappa shape index (κ2) is 8.59. The highest BCUT2D eigenvalue weighted by Gasteiger charge is 2.19. The second-order valence-corrected chi connectivity index (χ2v) is 7.58. The van der Waals surface area contributed by atoms with E-state index in [0.29, 0.717) is 22.1 Å². The van der Waals surface area contributed by atoms with Crippen LogP contribution < -0.4 is 10.6 Å². The molecule has 1 aromatic heterocycles. The number of rotatable bonds is 4. The minimum Gasteiger partial charge on any atom is -0.324 e. The van der Waals surface area contributed by atoms with E-state index >= 15 is 0 Å². The van der Waals surface area contributed by atoms with E-state index in [2.05, 4.69) is 15.7 Å². The molecule has 1 aliphatic rings. The molecule has 8 heteroatoms. The molecule has 154 valence electrons. The van der Waals surface area contributed by atoms with Gasteiger partial charge >= 0.3 is 6.03 Å². The van der Waals surface area contributed by atoms with Gasteiger partial charge in [-0.25, -0.2) is 4.79 Å². The average molecular weight is 424 g/mol. The summed E-state index contributed by atoms with van der Waals surface area (Å²) in [5, 5.41) is 10.7. The van der Waals surface area contributed by atoms with Gasteiger partial charge in [-0.15, -0.1) is 0 Å². The highest BCUT2D eigenvalue weighted by molar-refractivity contribution is 6.34. The maximum Gasteiger partial charge on any atom is 0.322 e. The fourth-order valence-electron chi connectivity index (χ4n) is 3.40. The van der Waals surface area contributed by atoms with Gasteiger partial charge in [-0.1, -0.05) is 35.9 Å². The predicted molar refractivity (Wildman–Crippen MR) is 118 cm³/mol. The summed E-state index contributed by atoms with van der Waals surface area (Å²) in [7, 11) is 1.79. The lowest BCUT2D eigenvalue weighted by Crippen LogP contribution is -2.32. The van der Waals surface area contributed by atoms with Crippen LogP contribution in [0.15, 0.2) is 54.6 Å². The van der Waals surface area contributed by atoms with Crippen LogP contribution >= 0.6 is 11.6 Å². The SMILES string of the molecule is Cn1nc(-c2ccc(NC(=O)c3ccccc3Cl)cc2)cc1NC(=O)N1CCCC1. The molecule has 0 atom stereocenters. The first kappa shape index (κ1) is 20.0. The van der Waals surface area contributed by atoms with E-state index in [1.165, 1.54) is 0 Å². The van der Waals surface area contributed by atoms with Crippen LogP contribution in [0.25, 0.3) is 11.3 Å². The molecule has 0 unspecified atom stereocenters. The van der Waals surface area contributed by atoms with Crippen LogP contribution in [0.5, 0.6) is 0 Å². The first-order valence-electron chi connectivity index (χ1n) is 9.77. The van der Waals surface area contributed by atoms with E-state index < -0.39 is 0 Å². The van der Waals surface area contributed by atoms with Crippen molar-refractivity contribution in [2.75, 3.05) is 23.7 Å². The number of likely N-dealkylation sites (tertiary alicyclic amines) is 1. The number of benzene rings is 2. The van der Waals surface area contributed by atoms with Gasteiger partial charge in [-0.05, 0) is 37.1 Å². The third-order valence-corrected chi connectivity index (χ3v) is 5.39. The molecule has 0 spiro atoms. The summed E-state index contributed by atoms with van der Waals surface area (Å²) in [6.07, 6.45) is 2.09. The Labute approximate surface area is 179 Å². The minimum atomic E-state index is -0.266. The number of hydrogen-bond acceptors (Lipinski definition) is 3. The molecule has 0 saturated carbocycles. The van der Waals surface area contributed by atoms with Gasteiger partial charge in [0.25, 0.3) is 5.91 Å². The molecule has 0 bridgehead atoms. The lowest BCUT2D eigenvalue weighted by atomic mass is 10.1. The lowest BCUT2D eigenvalue weighted by Gasteiger charge is -2.15. The number of nitrogens with zero attached hydrogens (tertiary/aromatic N) is 3. The highest BCUT2D eigenvalue weighted by atomic mass is 35.5. The van der Waals surface area contributed by atoms with Gasteiger partial charge in [-0.2, -0.15) is 5.10 Å². The van der Waals surface area contributed by atoms with Crippen molar-refractivity contribution in [2.24, 2.45) is 7.05 Å². The maximum absolute atomic E-state index is 12.4. The van der Waals surface area contributed by atoms with Gasteiger partial charge < -0.3 is 10.2 Å². The Balaban J connectivity index is 1.44. The number of carbonyl (C=O) groups excluding carboxylic acids is 2. The van der Waals surface area contributed by atoms with Crippen molar-refractivity contribution in [1.82, 2.24) is 14.7 Å². The number of nitrogens with one attached hydrogen (secondary N) is 2. The Hall–Kier alpha value is -3.32. The number of anilines is 2. The molecule has 1 aliphatic heterocycles. The number of amides is 3. The van der Waals surface area contributed by atoms with E-state index in [9.17, 15) is 9.59 Å². The molecule has 2 aromatic carbocycles. The third-order valence-electron chi connectivity index (χ3n) is 5.07. The summed E-state index contributed by atoms with van der Waals surface area (Å²) < 4.78 is 1.65. The van der Waals surface area contributed by atoms with E-state index in [0.717, 1.165) is 37.2 Å². The van der Waals surface area contributed by atoms with Crippen molar-refractivity contribution < 1.29 is 9.59 Å². The van der Waals surface area contributed by atoms with Crippen LogP contribution in [-0.4, -0.2) is 39.7 Å². The fraction of sp³-hybridized carbons (Fsp3) is 0.227. The molecular weight excluding hydrogens is 402 g/mol. The monoisotopic (exact) mass is 423 g/mol. The standard InChI is InChI=1S/C22H22ClN5O2/c1-27-20(25-22(30)28-12-4-5-13-28)14-19(26-27)15-8-10-16(11-9-15)24-21(29)17-6-2-3-7-18(17)23/h2-3,6-11,14H,4-5,12-13H2,1H3,(H,24,29)(H,25,30). The Morgan fingerprint density at radius 1 is 1.00 bits per heavy atom. The maximum atomic E-state index is 12.4. The van der Waals surface area contributed by atoms with Crippen molar-refractivity contribution in [1.29, 1.82) is 0 Å². The molecule has 2 N–H and O–H groups in total. The van der Waals surface area contributed by atoms with Gasteiger partial charge in [-0.3, -0.25) is 14.8 Å². The topological polar surface area (TPSA) is 79.3 Å². The number of halogens is 1. The van der Waals surface area contributed by atoms with Gasteiger partial charge in [0, 0.05) is 37.5 Å². The zero-order valence-corrected chi connectivity index (χ0v) is 17.3. The van der Waals surface area contributed by atoms with Crippen molar-refractivity contribution in [3.05, 3.63) is 65.2 Å². The van der Waals surface area contributed by atoms with Crippen LogP contribution in [-0.2, 0) is 7.05 Å². The van der Waals surface area contributed by atoms with Gasteiger partial charge in [0.1, 0.15) is 5.82 Å². The predicted octanol–water partition coefficient (Wildman–Crippen LogP) is 4.62. The van der Waals surface area contributed by atoms with Crippen molar-refractivity contribution in [2.45, 2.75) is 12.8 Å². The van der Waals surface area contributed by atoms with E-state index in [4.69, 9.17) is 11.6 Å². The Morgan fingerprint density at radius 3 is 2.40 bits per heavy atom. The van der Waals surface area contributed by atoms with Gasteiger partial charge in [0.2, 0.25) is 0 Å². The summed E-state index contributed by atoms with van der Waals surface area (Å²) in [4.78, 5) is 26.5. The second-order valence-electron chi connectivity index (χ2n) is 7.17. The summed E-state index contributed by atoms with van der Waals surface area (Å²) in [5.74, 6) is 0.371. The molecule has 1 saturated heterocycles. The van der Waals surface area contributed by atoms with E-state index in [1.807, 2.05) is 23.1 Å². The quantitative estimate of drug-likeness (QED) is 0.642. The highest BCUT2D eigenvalue weighted by Crippen LogP contribution is 2.24. The van der Waals surface area contributed by atoms with Crippen LogP contribution in [0, 0.1) is 0 Å².